The summed E-state index contributed by atoms with van der Waals surface area (Å²) >= 11 is 0. The SMILES string of the molecule is CO[C@H]1C[C@@H](CNC(=O)c2ccc(C(N)=O)o2)N(c2cc(C)ncn2)C1. The van der Waals surface area contributed by atoms with Gasteiger partial charge in [-0.05, 0) is 25.5 Å². The molecule has 26 heavy (non-hydrogen) atoms. The van der Waals surface area contributed by atoms with E-state index in [9.17, 15) is 9.59 Å². The Morgan fingerprint density at radius 3 is 2.81 bits per heavy atom. The summed E-state index contributed by atoms with van der Waals surface area (Å²) < 4.78 is 10.6. The average molecular weight is 359 g/mol. The van der Waals surface area contributed by atoms with Crippen LogP contribution in [0.5, 0.6) is 0 Å². The molecule has 0 unspecified atom stereocenters. The molecule has 0 aliphatic carbocycles. The number of nitrogens with one attached hydrogen (secondary N) is 1. The van der Waals surface area contributed by atoms with Crippen LogP contribution < -0.4 is 16.0 Å². The van der Waals surface area contributed by atoms with Crippen molar-refractivity contribution in [2.45, 2.75) is 25.5 Å². The van der Waals surface area contributed by atoms with E-state index < -0.39 is 11.8 Å². The Morgan fingerprint density at radius 1 is 1.38 bits per heavy atom. The highest BCUT2D eigenvalue weighted by atomic mass is 16.5. The largest absolute Gasteiger partial charge is 0.446 e. The predicted octanol–water partition coefficient (Wildman–Crippen LogP) is 0.501. The summed E-state index contributed by atoms with van der Waals surface area (Å²) in [6, 6.07) is 4.72. The second-order valence-corrected chi connectivity index (χ2v) is 6.16. The van der Waals surface area contributed by atoms with E-state index in [-0.39, 0.29) is 23.7 Å². The summed E-state index contributed by atoms with van der Waals surface area (Å²) in [4.78, 5) is 33.9. The van der Waals surface area contributed by atoms with Crippen LogP contribution in [0.4, 0.5) is 5.82 Å². The van der Waals surface area contributed by atoms with Gasteiger partial charge in [0.05, 0.1) is 12.1 Å². The summed E-state index contributed by atoms with van der Waals surface area (Å²) in [7, 11) is 1.67. The molecule has 3 N–H and O–H groups in total. The van der Waals surface area contributed by atoms with E-state index in [2.05, 4.69) is 20.2 Å². The second kappa shape index (κ2) is 7.52. The lowest BCUT2D eigenvalue weighted by Gasteiger charge is -2.25. The molecule has 0 aromatic carbocycles. The third-order valence-corrected chi connectivity index (χ3v) is 4.36. The van der Waals surface area contributed by atoms with Crippen molar-refractivity contribution >= 4 is 17.6 Å². The van der Waals surface area contributed by atoms with E-state index in [4.69, 9.17) is 14.9 Å². The number of hydrogen-bond acceptors (Lipinski definition) is 7. The first-order chi connectivity index (χ1) is 12.5. The number of carbonyl (C=O) groups is 2. The quantitative estimate of drug-likeness (QED) is 0.770. The van der Waals surface area contributed by atoms with Crippen LogP contribution in [0.2, 0.25) is 0 Å². The number of amides is 2. The van der Waals surface area contributed by atoms with Crippen LogP contribution in [0.1, 0.15) is 33.2 Å². The number of aromatic nitrogens is 2. The van der Waals surface area contributed by atoms with Crippen molar-refractivity contribution in [3.63, 3.8) is 0 Å². The number of furan rings is 1. The fourth-order valence-corrected chi connectivity index (χ4v) is 3.01. The molecule has 138 valence electrons. The van der Waals surface area contributed by atoms with Crippen molar-refractivity contribution in [3.05, 3.63) is 41.7 Å². The minimum absolute atomic E-state index is 0.0174. The highest BCUT2D eigenvalue weighted by Crippen LogP contribution is 2.25. The maximum atomic E-state index is 12.3. The van der Waals surface area contributed by atoms with Gasteiger partial charge in [0.25, 0.3) is 11.8 Å². The van der Waals surface area contributed by atoms with E-state index in [1.54, 1.807) is 7.11 Å². The Kier molecular flexibility index (Phi) is 5.17. The molecule has 1 saturated heterocycles. The van der Waals surface area contributed by atoms with E-state index in [0.717, 1.165) is 17.9 Å². The summed E-state index contributed by atoms with van der Waals surface area (Å²) in [5, 5.41) is 2.83. The summed E-state index contributed by atoms with van der Waals surface area (Å²) in [6.45, 7) is 2.97. The minimum atomic E-state index is -0.715. The zero-order chi connectivity index (χ0) is 18.7. The van der Waals surface area contributed by atoms with Gasteiger partial charge in [-0.3, -0.25) is 9.59 Å². The molecule has 2 aromatic heterocycles. The standard InChI is InChI=1S/C17H21N5O4/c1-10-5-15(21-9-20-10)22-8-12(25-2)6-11(22)7-19-17(24)14-4-3-13(26-14)16(18)23/h3-5,9,11-12H,6-8H2,1-2H3,(H2,18,23)(H,19,24)/t11-,12-/m0/s1. The van der Waals surface area contributed by atoms with Crippen LogP contribution in [-0.4, -0.2) is 54.1 Å². The van der Waals surface area contributed by atoms with Crippen molar-refractivity contribution in [3.8, 4) is 0 Å². The molecule has 2 atom stereocenters. The van der Waals surface area contributed by atoms with E-state index in [0.29, 0.717) is 13.1 Å². The Bertz CT molecular complexity index is 806. The summed E-state index contributed by atoms with van der Waals surface area (Å²) in [6.07, 6.45) is 2.33. The second-order valence-electron chi connectivity index (χ2n) is 6.16. The van der Waals surface area contributed by atoms with Gasteiger partial charge < -0.3 is 25.1 Å². The number of anilines is 1. The molecule has 0 saturated carbocycles. The monoisotopic (exact) mass is 359 g/mol. The average Bonchev–Trinajstić information content (AvgIpc) is 3.27. The molecule has 9 nitrogen and oxygen atoms in total. The van der Waals surface area contributed by atoms with Crippen molar-refractivity contribution in [2.75, 3.05) is 25.1 Å². The number of carbonyl (C=O) groups excluding carboxylic acids is 2. The van der Waals surface area contributed by atoms with E-state index >= 15 is 0 Å². The topological polar surface area (TPSA) is 124 Å². The predicted molar refractivity (Wildman–Crippen MR) is 92.9 cm³/mol. The third kappa shape index (κ3) is 3.83. The Labute approximate surface area is 150 Å². The number of rotatable bonds is 6. The molecule has 1 aliphatic rings. The lowest BCUT2D eigenvalue weighted by Crippen LogP contribution is -2.40. The van der Waals surface area contributed by atoms with Gasteiger partial charge in [-0.15, -0.1) is 0 Å². The van der Waals surface area contributed by atoms with Crippen LogP contribution in [-0.2, 0) is 4.74 Å². The van der Waals surface area contributed by atoms with Crippen molar-refractivity contribution in [1.82, 2.24) is 15.3 Å². The normalized spacial score (nSPS) is 19.5. The number of methoxy groups -OCH3 is 1. The van der Waals surface area contributed by atoms with Crippen LogP contribution in [0.15, 0.2) is 28.9 Å². The molecule has 2 aromatic rings. The van der Waals surface area contributed by atoms with Crippen LogP contribution in [0.3, 0.4) is 0 Å². The maximum Gasteiger partial charge on any atom is 0.287 e. The molecule has 3 heterocycles. The zero-order valence-corrected chi connectivity index (χ0v) is 14.6. The number of primary amides is 1. The number of hydrogen-bond donors (Lipinski definition) is 2. The number of aryl methyl sites for hydroxylation is 1. The smallest absolute Gasteiger partial charge is 0.287 e. The first kappa shape index (κ1) is 17.9. The van der Waals surface area contributed by atoms with Gasteiger partial charge in [0.15, 0.2) is 11.5 Å². The first-order valence-corrected chi connectivity index (χ1v) is 8.24. The Hall–Kier alpha value is -2.94. The van der Waals surface area contributed by atoms with Crippen molar-refractivity contribution in [2.24, 2.45) is 5.73 Å². The fourth-order valence-electron chi connectivity index (χ4n) is 3.01. The van der Waals surface area contributed by atoms with Gasteiger partial charge in [0.1, 0.15) is 12.1 Å². The van der Waals surface area contributed by atoms with Gasteiger partial charge in [0, 0.05) is 32.0 Å². The molecule has 9 heteroatoms. The highest BCUT2D eigenvalue weighted by molar-refractivity contribution is 5.95. The minimum Gasteiger partial charge on any atom is -0.446 e. The fraction of sp³-hybridized carbons (Fsp3) is 0.412. The maximum absolute atomic E-state index is 12.3. The molecular weight excluding hydrogens is 338 g/mol. The van der Waals surface area contributed by atoms with Gasteiger partial charge in [0.2, 0.25) is 0 Å². The zero-order valence-electron chi connectivity index (χ0n) is 14.6. The lowest BCUT2D eigenvalue weighted by molar-refractivity contribution is 0.0910. The van der Waals surface area contributed by atoms with E-state index in [1.165, 1.54) is 18.5 Å². The Balaban J connectivity index is 1.68. The highest BCUT2D eigenvalue weighted by Gasteiger charge is 2.33. The van der Waals surface area contributed by atoms with Crippen molar-refractivity contribution in [1.29, 1.82) is 0 Å². The molecule has 0 radical (unpaired) electrons. The molecular formula is C17H21N5O4. The summed E-state index contributed by atoms with van der Waals surface area (Å²) in [5.74, 6) is -0.325. The van der Waals surface area contributed by atoms with Crippen LogP contribution in [0, 0.1) is 6.92 Å². The number of nitrogens with zero attached hydrogens (tertiary/aromatic N) is 3. The summed E-state index contributed by atoms with van der Waals surface area (Å²) in [5.41, 5.74) is 6.00. The molecule has 1 fully saturated rings. The van der Waals surface area contributed by atoms with Crippen molar-refractivity contribution < 1.29 is 18.7 Å². The first-order valence-electron chi connectivity index (χ1n) is 8.24. The Morgan fingerprint density at radius 2 is 2.15 bits per heavy atom. The van der Waals surface area contributed by atoms with E-state index in [1.807, 2.05) is 13.0 Å². The van der Waals surface area contributed by atoms with Gasteiger partial charge in [-0.2, -0.15) is 0 Å². The van der Waals surface area contributed by atoms with Gasteiger partial charge in [-0.1, -0.05) is 0 Å². The molecule has 1 aliphatic heterocycles. The van der Waals surface area contributed by atoms with Gasteiger partial charge in [-0.25, -0.2) is 9.97 Å². The van der Waals surface area contributed by atoms with Crippen LogP contribution >= 0.6 is 0 Å². The lowest BCUT2D eigenvalue weighted by atomic mass is 10.2. The number of nitrogens with two attached hydrogens (primary N) is 1. The number of ether oxygens (including phenoxy) is 1. The molecule has 0 bridgehead atoms. The molecule has 0 spiro atoms. The molecule has 2 amide bonds. The van der Waals surface area contributed by atoms with Crippen LogP contribution in [0.25, 0.3) is 0 Å². The van der Waals surface area contributed by atoms with Gasteiger partial charge >= 0.3 is 0 Å². The molecule has 3 rings (SSSR count). The third-order valence-electron chi connectivity index (χ3n) is 4.36.